The first-order chi connectivity index (χ1) is 17.0. The molecule has 0 radical (unpaired) electrons. The third-order valence-electron chi connectivity index (χ3n) is 5.85. The Bertz CT molecular complexity index is 1190. The van der Waals surface area contributed by atoms with Gasteiger partial charge in [-0.25, -0.2) is 13.4 Å². The van der Waals surface area contributed by atoms with Crippen molar-refractivity contribution >= 4 is 21.4 Å². The fraction of sp³-hybridized carbons (Fsp3) is 0.400. The summed E-state index contributed by atoms with van der Waals surface area (Å²) in [7, 11) is -2.17. The number of nitrogens with zero attached hydrogens (tertiary/aromatic N) is 3. The Morgan fingerprint density at radius 3 is 2.57 bits per heavy atom. The van der Waals surface area contributed by atoms with Crippen LogP contribution in [0.3, 0.4) is 0 Å². The van der Waals surface area contributed by atoms with Crippen LogP contribution in [-0.2, 0) is 27.9 Å². The third kappa shape index (κ3) is 6.80. The zero-order chi connectivity index (χ0) is 24.7. The number of hydrogen-bond donors (Lipinski definition) is 0. The van der Waals surface area contributed by atoms with Crippen LogP contribution in [-0.4, -0.2) is 69.1 Å². The average molecular weight is 518 g/mol. The molecule has 1 aliphatic rings. The first-order valence-corrected chi connectivity index (χ1v) is 13.8. The summed E-state index contributed by atoms with van der Waals surface area (Å²) in [6, 6.07) is 14.3. The van der Waals surface area contributed by atoms with Gasteiger partial charge >= 0.3 is 0 Å². The van der Waals surface area contributed by atoms with Crippen LogP contribution in [0.15, 0.2) is 58.8 Å². The van der Waals surface area contributed by atoms with E-state index in [1.807, 2.05) is 36.6 Å². The lowest BCUT2D eigenvalue weighted by molar-refractivity contribution is 0.0361. The lowest BCUT2D eigenvalue weighted by Gasteiger charge is -2.29. The zero-order valence-corrected chi connectivity index (χ0v) is 21.7. The molecule has 8 nitrogen and oxygen atoms in total. The van der Waals surface area contributed by atoms with Gasteiger partial charge in [0.05, 0.1) is 37.5 Å². The molecule has 35 heavy (non-hydrogen) atoms. The quantitative estimate of drug-likeness (QED) is 0.385. The van der Waals surface area contributed by atoms with Gasteiger partial charge < -0.3 is 14.2 Å². The SMILES string of the molecule is COc1ccc(S(=O)(=O)N(CCN2CCOCC2)Cc2csc(COc3ccccc3C)n2)cc1. The summed E-state index contributed by atoms with van der Waals surface area (Å²) in [5.41, 5.74) is 1.77. The topological polar surface area (TPSA) is 81.2 Å². The largest absolute Gasteiger partial charge is 0.497 e. The van der Waals surface area contributed by atoms with E-state index in [1.54, 1.807) is 31.4 Å². The Balaban J connectivity index is 1.48. The fourth-order valence-corrected chi connectivity index (χ4v) is 5.88. The summed E-state index contributed by atoms with van der Waals surface area (Å²) in [4.78, 5) is 7.12. The van der Waals surface area contributed by atoms with Crippen molar-refractivity contribution in [1.82, 2.24) is 14.2 Å². The predicted molar refractivity (Wildman–Crippen MR) is 135 cm³/mol. The molecule has 2 aromatic carbocycles. The van der Waals surface area contributed by atoms with Crippen molar-refractivity contribution in [2.24, 2.45) is 0 Å². The molecule has 0 saturated carbocycles. The number of benzene rings is 2. The lowest BCUT2D eigenvalue weighted by atomic mass is 10.2. The van der Waals surface area contributed by atoms with E-state index in [4.69, 9.17) is 14.2 Å². The van der Waals surface area contributed by atoms with Gasteiger partial charge in [0.25, 0.3) is 0 Å². The number of aromatic nitrogens is 1. The number of morpholine rings is 1. The summed E-state index contributed by atoms with van der Waals surface area (Å²) in [6.45, 7) is 6.46. The number of thiazole rings is 1. The molecule has 1 aromatic heterocycles. The monoisotopic (exact) mass is 517 g/mol. The molecule has 10 heteroatoms. The molecule has 2 heterocycles. The molecule has 1 saturated heterocycles. The Kier molecular flexibility index (Phi) is 8.74. The van der Waals surface area contributed by atoms with Crippen molar-refractivity contribution in [3.05, 3.63) is 70.2 Å². The van der Waals surface area contributed by atoms with E-state index in [2.05, 4.69) is 9.88 Å². The summed E-state index contributed by atoms with van der Waals surface area (Å²) in [5.74, 6) is 1.43. The molecule has 1 fully saturated rings. The number of hydrogen-bond acceptors (Lipinski definition) is 8. The molecule has 0 unspecified atom stereocenters. The molecule has 0 aliphatic carbocycles. The smallest absolute Gasteiger partial charge is 0.243 e. The summed E-state index contributed by atoms with van der Waals surface area (Å²) < 4.78 is 45.1. The molecule has 0 spiro atoms. The van der Waals surface area contributed by atoms with Gasteiger partial charge in [-0.2, -0.15) is 4.31 Å². The highest BCUT2D eigenvalue weighted by Gasteiger charge is 2.26. The second kappa shape index (κ2) is 12.0. The minimum atomic E-state index is -3.72. The maximum Gasteiger partial charge on any atom is 0.243 e. The van der Waals surface area contributed by atoms with Crippen LogP contribution in [0.2, 0.25) is 0 Å². The van der Waals surface area contributed by atoms with Gasteiger partial charge in [0.2, 0.25) is 10.0 Å². The minimum absolute atomic E-state index is 0.194. The Labute approximate surface area is 211 Å². The maximum atomic E-state index is 13.6. The number of methoxy groups -OCH3 is 1. The van der Waals surface area contributed by atoms with Crippen LogP contribution < -0.4 is 9.47 Å². The van der Waals surface area contributed by atoms with Crippen LogP contribution in [0.25, 0.3) is 0 Å². The minimum Gasteiger partial charge on any atom is -0.497 e. The van der Waals surface area contributed by atoms with Crippen molar-refractivity contribution in [3.63, 3.8) is 0 Å². The molecule has 0 N–H and O–H groups in total. The van der Waals surface area contributed by atoms with E-state index in [9.17, 15) is 8.42 Å². The highest BCUT2D eigenvalue weighted by molar-refractivity contribution is 7.89. The van der Waals surface area contributed by atoms with Crippen LogP contribution in [0.1, 0.15) is 16.3 Å². The normalized spacial score (nSPS) is 14.8. The third-order valence-corrected chi connectivity index (χ3v) is 8.58. The lowest BCUT2D eigenvalue weighted by Crippen LogP contribution is -2.42. The second-order valence-electron chi connectivity index (χ2n) is 8.25. The van der Waals surface area contributed by atoms with E-state index in [0.29, 0.717) is 44.4 Å². The molecule has 0 amide bonds. The first kappa shape index (κ1) is 25.6. The van der Waals surface area contributed by atoms with Gasteiger partial charge in [0.1, 0.15) is 23.1 Å². The highest BCUT2D eigenvalue weighted by atomic mass is 32.2. The number of aryl methyl sites for hydroxylation is 1. The standard InChI is InChI=1S/C25H31N3O5S2/c1-20-5-3-4-6-24(20)33-18-25-26-21(19-34-25)17-28(12-11-27-13-15-32-16-14-27)35(29,30)23-9-7-22(31-2)8-10-23/h3-10,19H,11-18H2,1-2H3. The number of para-hydroxylation sites is 1. The summed E-state index contributed by atoms with van der Waals surface area (Å²) >= 11 is 1.47. The van der Waals surface area contributed by atoms with Crippen LogP contribution in [0.5, 0.6) is 11.5 Å². The van der Waals surface area contributed by atoms with Gasteiger partial charge in [0.15, 0.2) is 0 Å². The maximum absolute atomic E-state index is 13.6. The Morgan fingerprint density at radius 2 is 1.86 bits per heavy atom. The predicted octanol–water partition coefficient (Wildman–Crippen LogP) is 3.56. The Morgan fingerprint density at radius 1 is 1.11 bits per heavy atom. The molecule has 188 valence electrons. The van der Waals surface area contributed by atoms with Crippen molar-refractivity contribution in [1.29, 1.82) is 0 Å². The first-order valence-electron chi connectivity index (χ1n) is 11.5. The van der Waals surface area contributed by atoms with Gasteiger partial charge in [-0.05, 0) is 42.8 Å². The van der Waals surface area contributed by atoms with Crippen molar-refractivity contribution < 1.29 is 22.6 Å². The zero-order valence-electron chi connectivity index (χ0n) is 20.1. The van der Waals surface area contributed by atoms with Crippen LogP contribution >= 0.6 is 11.3 Å². The molecule has 0 bridgehead atoms. The molecular formula is C25H31N3O5S2. The van der Waals surface area contributed by atoms with Gasteiger partial charge in [-0.1, -0.05) is 18.2 Å². The fourth-order valence-electron chi connectivity index (χ4n) is 3.79. The van der Waals surface area contributed by atoms with Crippen molar-refractivity contribution in [2.75, 3.05) is 46.5 Å². The van der Waals surface area contributed by atoms with E-state index in [0.717, 1.165) is 29.4 Å². The van der Waals surface area contributed by atoms with Crippen LogP contribution in [0.4, 0.5) is 0 Å². The molecular weight excluding hydrogens is 486 g/mol. The Hall–Kier alpha value is -2.50. The molecule has 1 aliphatic heterocycles. The number of ether oxygens (including phenoxy) is 3. The number of sulfonamides is 1. The van der Waals surface area contributed by atoms with E-state index < -0.39 is 10.0 Å². The van der Waals surface area contributed by atoms with Crippen molar-refractivity contribution in [2.45, 2.75) is 25.0 Å². The van der Waals surface area contributed by atoms with Gasteiger partial charge in [-0.15, -0.1) is 11.3 Å². The molecule has 3 aromatic rings. The van der Waals surface area contributed by atoms with Crippen molar-refractivity contribution in [3.8, 4) is 11.5 Å². The van der Waals surface area contributed by atoms with E-state index in [-0.39, 0.29) is 11.4 Å². The van der Waals surface area contributed by atoms with Gasteiger partial charge in [-0.3, -0.25) is 4.90 Å². The van der Waals surface area contributed by atoms with E-state index in [1.165, 1.54) is 15.6 Å². The summed E-state index contributed by atoms with van der Waals surface area (Å²) in [5, 5.41) is 2.71. The highest BCUT2D eigenvalue weighted by Crippen LogP contribution is 2.23. The molecule has 4 rings (SSSR count). The van der Waals surface area contributed by atoms with E-state index >= 15 is 0 Å². The average Bonchev–Trinajstić information content (AvgIpc) is 3.34. The number of rotatable bonds is 11. The van der Waals surface area contributed by atoms with Gasteiger partial charge in [0, 0.05) is 31.6 Å². The molecule has 0 atom stereocenters. The summed E-state index contributed by atoms with van der Waals surface area (Å²) in [6.07, 6.45) is 0. The second-order valence-corrected chi connectivity index (χ2v) is 11.1. The van der Waals surface area contributed by atoms with Crippen LogP contribution in [0, 0.1) is 6.92 Å².